The maximum atomic E-state index is 15.3. The summed E-state index contributed by atoms with van der Waals surface area (Å²) in [6.07, 6.45) is -6.63. The van der Waals surface area contributed by atoms with Crippen LogP contribution in [0, 0.1) is 11.2 Å². The third-order valence-electron chi connectivity index (χ3n) is 5.43. The number of alkyl halides is 2. The topological polar surface area (TPSA) is 175 Å². The first-order valence-electron chi connectivity index (χ1n) is 12.5. The number of aliphatic hydroxyl groups excluding tert-OH is 1. The van der Waals surface area contributed by atoms with E-state index in [1.165, 1.54) is 6.92 Å². The molecule has 0 radical (unpaired) electrons. The van der Waals surface area contributed by atoms with Crippen LogP contribution in [-0.4, -0.2) is 80.5 Å². The van der Waals surface area contributed by atoms with E-state index in [2.05, 4.69) is 5.09 Å². The molecule has 2 heterocycles. The van der Waals surface area contributed by atoms with Gasteiger partial charge in [-0.3, -0.25) is 28.5 Å². The summed E-state index contributed by atoms with van der Waals surface area (Å²) in [6.45, 7) is 9.06. The summed E-state index contributed by atoms with van der Waals surface area (Å²) in [5.41, 5.74) is -3.20. The van der Waals surface area contributed by atoms with Crippen LogP contribution in [-0.2, 0) is 32.9 Å². The molecule has 41 heavy (non-hydrogen) atoms. The lowest BCUT2D eigenvalue weighted by Gasteiger charge is -2.25. The summed E-state index contributed by atoms with van der Waals surface area (Å²) < 4.78 is 64.3. The lowest BCUT2D eigenvalue weighted by Crippen LogP contribution is -2.42. The Bertz CT molecular complexity index is 1260. The van der Waals surface area contributed by atoms with E-state index < -0.39 is 84.6 Å². The minimum absolute atomic E-state index is 0.0209. The average molecular weight is 650 g/mol. The summed E-state index contributed by atoms with van der Waals surface area (Å²) in [4.78, 5) is 49.4. The van der Waals surface area contributed by atoms with Gasteiger partial charge in [-0.25, -0.2) is 14.3 Å². The van der Waals surface area contributed by atoms with Gasteiger partial charge in [0.1, 0.15) is 24.6 Å². The molecule has 0 aromatic carbocycles. The summed E-state index contributed by atoms with van der Waals surface area (Å²) in [6, 6.07) is -1.15. The van der Waals surface area contributed by atoms with Gasteiger partial charge in [0.25, 0.3) is 18.2 Å². The number of rotatable bonds is 13. The van der Waals surface area contributed by atoms with Crippen LogP contribution >= 0.6 is 30.9 Å². The highest BCUT2D eigenvalue weighted by Crippen LogP contribution is 2.48. The summed E-state index contributed by atoms with van der Waals surface area (Å²) in [5, 5.41) is 9.68. The molecule has 18 heteroatoms. The highest BCUT2D eigenvalue weighted by Gasteiger charge is 2.58. The molecule has 1 aliphatic rings. The molecule has 1 aliphatic heterocycles. The van der Waals surface area contributed by atoms with Crippen LogP contribution in [0.4, 0.5) is 8.78 Å². The van der Waals surface area contributed by atoms with E-state index in [0.29, 0.717) is 10.8 Å². The van der Waals surface area contributed by atoms with E-state index >= 15 is 4.39 Å². The van der Waals surface area contributed by atoms with Crippen molar-refractivity contribution < 1.29 is 46.8 Å². The zero-order chi connectivity index (χ0) is 31.3. The molecule has 0 spiro atoms. The third kappa shape index (κ3) is 9.68. The van der Waals surface area contributed by atoms with Gasteiger partial charge in [0.2, 0.25) is 5.82 Å². The molecule has 2 rings (SSSR count). The normalized spacial score (nSPS) is 25.2. The van der Waals surface area contributed by atoms with Crippen molar-refractivity contribution in [3.63, 3.8) is 0 Å². The molecule has 0 amide bonds. The predicted molar refractivity (Wildman–Crippen MR) is 146 cm³/mol. The molecule has 3 N–H and O–H groups in total. The number of ether oxygens (including phenoxy) is 3. The summed E-state index contributed by atoms with van der Waals surface area (Å²) in [7, 11) is -4.11. The van der Waals surface area contributed by atoms with Crippen LogP contribution in [0.5, 0.6) is 0 Å². The number of thioether (sulfide) groups is 1. The van der Waals surface area contributed by atoms with Gasteiger partial charge in [0, 0.05) is 11.2 Å². The van der Waals surface area contributed by atoms with Crippen molar-refractivity contribution >= 4 is 42.0 Å². The van der Waals surface area contributed by atoms with Crippen LogP contribution in [0.1, 0.15) is 47.8 Å². The standard InChI is InChI=1S/C23H35ClF2N3O10PS/c1-12(2)38-18(32)13(3)28-40(35,11-36-7-8-41-20(33)22(4,5)6)37-10-15-16(30)23(24,26)19(39-15)29-9-14(25)17(31)27-21(29)34/h9,12-13,15-16,19,30H,7-8,10-11H2,1-6H3,(H,28,35)(H,27,31,34). The average Bonchev–Trinajstić information content (AvgIpc) is 3.07. The molecular weight excluding hydrogens is 615 g/mol. The zero-order valence-corrected chi connectivity index (χ0v) is 25.8. The number of H-pyrrole nitrogens is 1. The van der Waals surface area contributed by atoms with Gasteiger partial charge in [-0.05, 0) is 20.8 Å². The monoisotopic (exact) mass is 649 g/mol. The number of nitrogens with zero attached hydrogens (tertiary/aromatic N) is 1. The van der Waals surface area contributed by atoms with Gasteiger partial charge < -0.3 is 23.8 Å². The van der Waals surface area contributed by atoms with E-state index in [0.717, 1.165) is 11.8 Å². The third-order valence-corrected chi connectivity index (χ3v) is 8.96. The van der Waals surface area contributed by atoms with Crippen LogP contribution in [0.3, 0.4) is 0 Å². The fourth-order valence-corrected chi connectivity index (χ4v) is 6.12. The van der Waals surface area contributed by atoms with Crippen molar-refractivity contribution in [2.45, 2.75) is 77.3 Å². The molecule has 1 aromatic heterocycles. The molecule has 6 unspecified atom stereocenters. The maximum absolute atomic E-state index is 15.3. The quantitative estimate of drug-likeness (QED) is 0.123. The van der Waals surface area contributed by atoms with Crippen molar-refractivity contribution in [2.24, 2.45) is 5.41 Å². The summed E-state index contributed by atoms with van der Waals surface area (Å²) in [5.74, 6) is -1.96. The van der Waals surface area contributed by atoms with Crippen molar-refractivity contribution in [2.75, 3.05) is 25.3 Å². The lowest BCUT2D eigenvalue weighted by molar-refractivity contribution is -0.149. The van der Waals surface area contributed by atoms with E-state index in [-0.39, 0.29) is 17.5 Å². The summed E-state index contributed by atoms with van der Waals surface area (Å²) >= 11 is 6.83. The molecule has 234 valence electrons. The Morgan fingerprint density at radius 2 is 1.98 bits per heavy atom. The van der Waals surface area contributed by atoms with Gasteiger partial charge in [-0.1, -0.05) is 44.1 Å². The second kappa shape index (κ2) is 14.2. The fraction of sp³-hybridized carbons (Fsp3) is 0.739. The smallest absolute Gasteiger partial charge is 0.330 e. The Morgan fingerprint density at radius 1 is 1.34 bits per heavy atom. The number of esters is 1. The number of aliphatic hydroxyl groups is 1. The SMILES string of the molecule is CC(C)OC(=O)C(C)NP(=O)(COCCSC(=O)C(C)(C)C)OCC1OC(n2cc(F)c(=O)[nH]c2=O)C(F)(Cl)C1O. The van der Waals surface area contributed by atoms with E-state index in [1.54, 1.807) is 39.6 Å². The Labute approximate surface area is 244 Å². The Balaban J connectivity index is 2.16. The number of nitrogens with one attached hydrogen (secondary N) is 2. The fourth-order valence-electron chi connectivity index (χ4n) is 3.32. The first-order valence-corrected chi connectivity index (χ1v) is 15.6. The van der Waals surface area contributed by atoms with Gasteiger partial charge in [0.05, 0.1) is 25.5 Å². The van der Waals surface area contributed by atoms with Gasteiger partial charge in [0.15, 0.2) is 11.3 Å². The van der Waals surface area contributed by atoms with Crippen molar-refractivity contribution in [3.05, 3.63) is 32.9 Å². The number of hydrogen-bond acceptors (Lipinski definition) is 11. The zero-order valence-electron chi connectivity index (χ0n) is 23.4. The van der Waals surface area contributed by atoms with E-state index in [4.69, 9.17) is 30.3 Å². The van der Waals surface area contributed by atoms with E-state index in [1.807, 2.05) is 0 Å². The highest BCUT2D eigenvalue weighted by molar-refractivity contribution is 8.13. The number of hydrogen-bond donors (Lipinski definition) is 3. The molecular formula is C23H35ClF2N3O10PS. The molecule has 1 aromatic rings. The molecule has 0 saturated carbocycles. The molecule has 6 atom stereocenters. The molecule has 0 bridgehead atoms. The second-order valence-electron chi connectivity index (χ2n) is 10.5. The van der Waals surface area contributed by atoms with Crippen LogP contribution < -0.4 is 16.3 Å². The minimum atomic E-state index is -4.11. The molecule has 1 fully saturated rings. The van der Waals surface area contributed by atoms with Crippen LogP contribution in [0.25, 0.3) is 0 Å². The van der Waals surface area contributed by atoms with Gasteiger partial charge in [-0.2, -0.15) is 4.39 Å². The first-order chi connectivity index (χ1) is 18.8. The lowest BCUT2D eigenvalue weighted by atomic mass is 10.00. The van der Waals surface area contributed by atoms with Crippen LogP contribution in [0.2, 0.25) is 0 Å². The van der Waals surface area contributed by atoms with E-state index in [9.17, 15) is 33.2 Å². The number of halogens is 3. The minimum Gasteiger partial charge on any atom is -0.462 e. The second-order valence-corrected chi connectivity index (χ2v) is 14.3. The van der Waals surface area contributed by atoms with Crippen molar-refractivity contribution in [1.29, 1.82) is 0 Å². The van der Waals surface area contributed by atoms with Crippen molar-refractivity contribution in [1.82, 2.24) is 14.6 Å². The molecule has 13 nitrogen and oxygen atoms in total. The molecule has 0 aliphatic carbocycles. The largest absolute Gasteiger partial charge is 0.462 e. The van der Waals surface area contributed by atoms with Crippen molar-refractivity contribution in [3.8, 4) is 0 Å². The number of carbonyl (C=O) groups is 2. The molecule has 1 saturated heterocycles. The van der Waals surface area contributed by atoms with Gasteiger partial charge >= 0.3 is 11.7 Å². The number of aromatic amines is 1. The Hall–Kier alpha value is -1.65. The maximum Gasteiger partial charge on any atom is 0.330 e. The first kappa shape index (κ1) is 35.5. The Morgan fingerprint density at radius 3 is 2.56 bits per heavy atom. The van der Waals surface area contributed by atoms with Gasteiger partial charge in [-0.15, -0.1) is 0 Å². The number of carbonyl (C=O) groups excluding carboxylic acids is 2. The highest BCUT2D eigenvalue weighted by atomic mass is 35.5. The Kier molecular flexibility index (Phi) is 12.3. The predicted octanol–water partition coefficient (Wildman–Crippen LogP) is 2.26. The number of aromatic nitrogens is 2. The van der Waals surface area contributed by atoms with Crippen LogP contribution in [0.15, 0.2) is 15.8 Å².